The first-order valence-corrected chi connectivity index (χ1v) is 5.73. The van der Waals surface area contributed by atoms with Crippen LogP contribution < -0.4 is 5.73 Å². The predicted molar refractivity (Wildman–Crippen MR) is 65.1 cm³/mol. The molecule has 0 radical (unpaired) electrons. The first-order chi connectivity index (χ1) is 7.15. The van der Waals surface area contributed by atoms with Gasteiger partial charge in [-0.3, -0.25) is 9.89 Å². The van der Waals surface area contributed by atoms with E-state index in [-0.39, 0.29) is 12.8 Å². The number of hydrogen-bond donors (Lipinski definition) is 2. The number of rotatable bonds is 8. The van der Waals surface area contributed by atoms with Gasteiger partial charge in [-0.2, -0.15) is 0 Å². The summed E-state index contributed by atoms with van der Waals surface area (Å²) in [6.45, 7) is 8.69. The average Bonchev–Trinajstić information content (AvgIpc) is 2.25. The minimum Gasteiger partial charge on any atom is -0.395 e. The third kappa shape index (κ3) is 6.60. The molecule has 4 heteroatoms. The Labute approximate surface area is 93.2 Å². The molecule has 0 aliphatic carbocycles. The smallest absolute Gasteiger partial charge is 0.0987 e. The van der Waals surface area contributed by atoms with E-state index in [4.69, 9.17) is 10.8 Å². The van der Waals surface area contributed by atoms with Crippen LogP contribution in [0, 0.1) is 5.92 Å². The van der Waals surface area contributed by atoms with Crippen LogP contribution in [0.25, 0.3) is 0 Å². The summed E-state index contributed by atoms with van der Waals surface area (Å²) in [5, 5.41) is 8.92. The highest BCUT2D eigenvalue weighted by molar-refractivity contribution is 5.60. The van der Waals surface area contributed by atoms with Gasteiger partial charge in [-0.25, -0.2) is 0 Å². The highest BCUT2D eigenvalue weighted by Crippen LogP contribution is 2.02. The Kier molecular flexibility index (Phi) is 8.56. The molecule has 0 aromatic carbocycles. The molecule has 0 fully saturated rings. The largest absolute Gasteiger partial charge is 0.395 e. The van der Waals surface area contributed by atoms with Crippen molar-refractivity contribution in [1.82, 2.24) is 4.90 Å². The van der Waals surface area contributed by atoms with E-state index in [1.54, 1.807) is 0 Å². The van der Waals surface area contributed by atoms with Gasteiger partial charge in [0.05, 0.1) is 12.8 Å². The van der Waals surface area contributed by atoms with Gasteiger partial charge in [-0.15, -0.1) is 0 Å². The normalized spacial score (nSPS) is 16.1. The van der Waals surface area contributed by atoms with E-state index in [9.17, 15) is 0 Å². The molecule has 0 spiro atoms. The topological polar surface area (TPSA) is 61.8 Å². The molecule has 0 aromatic heterocycles. The minimum absolute atomic E-state index is 0.131. The molecule has 0 heterocycles. The van der Waals surface area contributed by atoms with E-state index in [1.807, 2.05) is 20.1 Å². The second kappa shape index (κ2) is 8.83. The maximum absolute atomic E-state index is 8.92. The molecule has 15 heavy (non-hydrogen) atoms. The van der Waals surface area contributed by atoms with Gasteiger partial charge in [0, 0.05) is 18.7 Å². The summed E-state index contributed by atoms with van der Waals surface area (Å²) in [4.78, 5) is 6.61. The summed E-state index contributed by atoms with van der Waals surface area (Å²) < 4.78 is 0. The zero-order valence-corrected chi connectivity index (χ0v) is 10.2. The zero-order valence-electron chi connectivity index (χ0n) is 10.2. The van der Waals surface area contributed by atoms with E-state index in [0.29, 0.717) is 19.0 Å². The quantitative estimate of drug-likeness (QED) is 0.586. The molecule has 90 valence electrons. The van der Waals surface area contributed by atoms with E-state index < -0.39 is 0 Å². The number of nitrogens with two attached hydrogens (primary N) is 1. The van der Waals surface area contributed by atoms with Crippen LogP contribution in [0.5, 0.6) is 0 Å². The van der Waals surface area contributed by atoms with Crippen LogP contribution in [-0.2, 0) is 0 Å². The molecule has 0 saturated heterocycles. The van der Waals surface area contributed by atoms with Gasteiger partial charge in [-0.1, -0.05) is 13.8 Å². The lowest BCUT2D eigenvalue weighted by atomic mass is 10.2. The molecule has 0 saturated carbocycles. The Morgan fingerprint density at radius 3 is 2.53 bits per heavy atom. The zero-order chi connectivity index (χ0) is 11.7. The van der Waals surface area contributed by atoms with Crippen LogP contribution in [0.15, 0.2) is 4.99 Å². The molecular weight excluding hydrogens is 190 g/mol. The fourth-order valence-corrected chi connectivity index (χ4v) is 1.33. The number of nitrogens with zero attached hydrogens (tertiary/aromatic N) is 2. The van der Waals surface area contributed by atoms with E-state index in [0.717, 1.165) is 13.0 Å². The lowest BCUT2D eigenvalue weighted by Crippen LogP contribution is -2.35. The third-order valence-electron chi connectivity index (χ3n) is 2.35. The number of aliphatic imine (C=N–C) groups is 1. The summed E-state index contributed by atoms with van der Waals surface area (Å²) in [6.07, 6.45) is 3.11. The van der Waals surface area contributed by atoms with E-state index >= 15 is 0 Å². The van der Waals surface area contributed by atoms with Gasteiger partial charge in [0.15, 0.2) is 0 Å². The second-order valence-corrected chi connectivity index (χ2v) is 3.90. The monoisotopic (exact) mass is 215 g/mol. The van der Waals surface area contributed by atoms with E-state index in [1.165, 1.54) is 0 Å². The van der Waals surface area contributed by atoms with Crippen molar-refractivity contribution in [1.29, 1.82) is 0 Å². The lowest BCUT2D eigenvalue weighted by Gasteiger charge is -2.25. The maximum atomic E-state index is 8.92. The molecular formula is C11H25N3O. The van der Waals surface area contributed by atoms with Gasteiger partial charge in [-0.05, 0) is 26.4 Å². The molecule has 0 rings (SSSR count). The van der Waals surface area contributed by atoms with Crippen LogP contribution in [-0.4, -0.2) is 48.6 Å². The Bertz CT molecular complexity index is 167. The summed E-state index contributed by atoms with van der Waals surface area (Å²) in [5.41, 5.74) is 5.51. The Morgan fingerprint density at radius 1 is 1.40 bits per heavy atom. The molecule has 0 amide bonds. The summed E-state index contributed by atoms with van der Waals surface area (Å²) >= 11 is 0. The first kappa shape index (κ1) is 14.6. The van der Waals surface area contributed by atoms with Crippen molar-refractivity contribution in [2.24, 2.45) is 16.6 Å². The highest BCUT2D eigenvalue weighted by Gasteiger charge is 2.10. The van der Waals surface area contributed by atoms with Crippen LogP contribution in [0.4, 0.5) is 0 Å². The third-order valence-corrected chi connectivity index (χ3v) is 2.35. The average molecular weight is 215 g/mol. The van der Waals surface area contributed by atoms with E-state index in [2.05, 4.69) is 16.8 Å². The summed E-state index contributed by atoms with van der Waals surface area (Å²) in [7, 11) is 0. The Hall–Kier alpha value is -0.450. The van der Waals surface area contributed by atoms with Gasteiger partial charge in [0.25, 0.3) is 0 Å². The molecule has 2 unspecified atom stereocenters. The molecule has 2 atom stereocenters. The summed E-state index contributed by atoms with van der Waals surface area (Å²) in [6, 6.07) is 0. The minimum atomic E-state index is 0.131. The molecule has 0 aliphatic heterocycles. The van der Waals surface area contributed by atoms with Crippen molar-refractivity contribution in [3.05, 3.63) is 0 Å². The molecule has 0 bridgehead atoms. The van der Waals surface area contributed by atoms with Crippen molar-refractivity contribution in [2.45, 2.75) is 33.4 Å². The maximum Gasteiger partial charge on any atom is 0.0987 e. The Balaban J connectivity index is 4.10. The lowest BCUT2D eigenvalue weighted by molar-refractivity contribution is 0.162. The molecule has 4 nitrogen and oxygen atoms in total. The van der Waals surface area contributed by atoms with Crippen molar-refractivity contribution < 1.29 is 5.11 Å². The first-order valence-electron chi connectivity index (χ1n) is 5.73. The van der Waals surface area contributed by atoms with Crippen molar-refractivity contribution >= 4 is 6.21 Å². The fourth-order valence-electron chi connectivity index (χ4n) is 1.33. The Morgan fingerprint density at radius 2 is 2.07 bits per heavy atom. The van der Waals surface area contributed by atoms with Gasteiger partial charge < -0.3 is 10.8 Å². The van der Waals surface area contributed by atoms with Gasteiger partial charge in [0.1, 0.15) is 0 Å². The standard InChI is InChI=1S/C11H25N3O/c1-4-5-14(6-7-15)11(3)13-9-10(2)8-12/h9-11,15H,4-8,12H2,1-3H3/b13-9-. The van der Waals surface area contributed by atoms with Crippen molar-refractivity contribution in [3.8, 4) is 0 Å². The van der Waals surface area contributed by atoms with Gasteiger partial charge in [0.2, 0.25) is 0 Å². The van der Waals surface area contributed by atoms with Crippen LogP contribution in [0.1, 0.15) is 27.2 Å². The molecule has 0 aliphatic rings. The fraction of sp³-hybridized carbons (Fsp3) is 0.909. The molecule has 3 N–H and O–H groups in total. The summed E-state index contributed by atoms with van der Waals surface area (Å²) in [5.74, 6) is 0.324. The SMILES string of the molecule is CCCN(CCO)C(C)/N=C\C(C)CN. The van der Waals surface area contributed by atoms with Crippen molar-refractivity contribution in [3.63, 3.8) is 0 Å². The second-order valence-electron chi connectivity index (χ2n) is 3.90. The highest BCUT2D eigenvalue weighted by atomic mass is 16.3. The van der Waals surface area contributed by atoms with Crippen LogP contribution in [0.3, 0.4) is 0 Å². The van der Waals surface area contributed by atoms with Gasteiger partial charge >= 0.3 is 0 Å². The van der Waals surface area contributed by atoms with Crippen molar-refractivity contribution in [2.75, 3.05) is 26.2 Å². The molecule has 0 aromatic rings. The number of hydrogen-bond acceptors (Lipinski definition) is 4. The predicted octanol–water partition coefficient (Wildman–Crippen LogP) is 0.702. The van der Waals surface area contributed by atoms with Crippen LogP contribution in [0.2, 0.25) is 0 Å². The number of aliphatic hydroxyl groups is 1. The number of aliphatic hydroxyl groups excluding tert-OH is 1. The van der Waals surface area contributed by atoms with Crippen LogP contribution >= 0.6 is 0 Å².